The first kappa shape index (κ1) is 10.4. The Hall–Kier alpha value is 0.310. The Labute approximate surface area is 79.9 Å². The van der Waals surface area contributed by atoms with Crippen LogP contribution in [0, 0.1) is 5.92 Å². The first-order chi connectivity index (χ1) is 5.62. The Balaban J connectivity index is 2.58. The predicted molar refractivity (Wildman–Crippen MR) is 55.6 cm³/mol. The zero-order chi connectivity index (χ0) is 9.19. The van der Waals surface area contributed by atoms with E-state index in [4.69, 9.17) is 0 Å². The molecule has 1 N–H and O–H groups in total. The van der Waals surface area contributed by atoms with Crippen molar-refractivity contribution in [2.24, 2.45) is 5.92 Å². The minimum absolute atomic E-state index is 0.354. The molecule has 0 saturated carbocycles. The van der Waals surface area contributed by atoms with E-state index in [1.807, 2.05) is 11.8 Å². The van der Waals surface area contributed by atoms with E-state index < -0.39 is 0 Å². The van der Waals surface area contributed by atoms with Gasteiger partial charge in [0.2, 0.25) is 0 Å². The van der Waals surface area contributed by atoms with Gasteiger partial charge in [0.1, 0.15) is 0 Å². The Bertz CT molecular complexity index is 145. The van der Waals surface area contributed by atoms with Gasteiger partial charge in [0.05, 0.1) is 5.60 Å². The Morgan fingerprint density at radius 3 is 2.42 bits per heavy atom. The molecule has 1 aliphatic rings. The van der Waals surface area contributed by atoms with Crippen LogP contribution >= 0.6 is 11.8 Å². The second-order valence-electron chi connectivity index (χ2n) is 3.94. The van der Waals surface area contributed by atoms with Crippen LogP contribution < -0.4 is 0 Å². The van der Waals surface area contributed by atoms with E-state index in [0.29, 0.717) is 11.2 Å². The van der Waals surface area contributed by atoms with Gasteiger partial charge in [0.15, 0.2) is 0 Å². The van der Waals surface area contributed by atoms with Gasteiger partial charge >= 0.3 is 0 Å². The molecule has 1 aliphatic heterocycles. The highest BCUT2D eigenvalue weighted by Gasteiger charge is 2.40. The summed E-state index contributed by atoms with van der Waals surface area (Å²) in [6.45, 7) is 6.57. The number of hydrogen-bond acceptors (Lipinski definition) is 2. The lowest BCUT2D eigenvalue weighted by atomic mass is 9.82. The smallest absolute Gasteiger partial charge is 0.0776 e. The summed E-state index contributed by atoms with van der Waals surface area (Å²) in [6.07, 6.45) is 3.21. The van der Waals surface area contributed by atoms with E-state index in [2.05, 4.69) is 20.8 Å². The molecule has 2 heteroatoms. The molecule has 0 aliphatic carbocycles. The van der Waals surface area contributed by atoms with E-state index in [0.717, 1.165) is 25.0 Å². The number of rotatable bonds is 3. The first-order valence-corrected chi connectivity index (χ1v) is 6.01. The van der Waals surface area contributed by atoms with Crippen molar-refractivity contribution in [2.45, 2.75) is 50.9 Å². The molecule has 0 amide bonds. The van der Waals surface area contributed by atoms with E-state index >= 15 is 0 Å². The van der Waals surface area contributed by atoms with Crippen molar-refractivity contribution in [3.63, 3.8) is 0 Å². The maximum absolute atomic E-state index is 10.3. The molecule has 0 bridgehead atoms. The monoisotopic (exact) mass is 188 g/mol. The van der Waals surface area contributed by atoms with Gasteiger partial charge < -0.3 is 5.11 Å². The number of hydrogen-bond donors (Lipinski definition) is 1. The highest BCUT2D eigenvalue weighted by molar-refractivity contribution is 8.00. The molecule has 0 spiro atoms. The maximum Gasteiger partial charge on any atom is 0.0776 e. The third-order valence-electron chi connectivity index (χ3n) is 3.00. The molecule has 12 heavy (non-hydrogen) atoms. The minimum Gasteiger partial charge on any atom is -0.389 e. The summed E-state index contributed by atoms with van der Waals surface area (Å²) < 4.78 is 0. The summed E-state index contributed by atoms with van der Waals surface area (Å²) in [7, 11) is 0. The van der Waals surface area contributed by atoms with Crippen molar-refractivity contribution in [1.29, 1.82) is 0 Å². The molecule has 0 aromatic rings. The molecule has 0 radical (unpaired) electrons. The molecule has 0 aromatic carbocycles. The van der Waals surface area contributed by atoms with Gasteiger partial charge in [-0.1, -0.05) is 33.6 Å². The average Bonchev–Trinajstić information content (AvgIpc) is 2.34. The second kappa shape index (κ2) is 4.01. The summed E-state index contributed by atoms with van der Waals surface area (Å²) in [6, 6.07) is 0. The van der Waals surface area contributed by atoms with Crippen molar-refractivity contribution in [2.75, 3.05) is 5.75 Å². The molecule has 1 rings (SSSR count). The van der Waals surface area contributed by atoms with Gasteiger partial charge in [-0.15, -0.1) is 0 Å². The van der Waals surface area contributed by atoms with Crippen LogP contribution in [0.25, 0.3) is 0 Å². The van der Waals surface area contributed by atoms with Gasteiger partial charge in [-0.25, -0.2) is 0 Å². The van der Waals surface area contributed by atoms with Crippen LogP contribution in [0.15, 0.2) is 0 Å². The molecule has 1 saturated heterocycles. The maximum atomic E-state index is 10.3. The van der Waals surface area contributed by atoms with E-state index in [-0.39, 0.29) is 5.60 Å². The Morgan fingerprint density at radius 1 is 1.50 bits per heavy atom. The van der Waals surface area contributed by atoms with Crippen molar-refractivity contribution in [1.82, 2.24) is 0 Å². The second-order valence-corrected chi connectivity index (χ2v) is 5.37. The van der Waals surface area contributed by atoms with Crippen molar-refractivity contribution in [3.05, 3.63) is 0 Å². The topological polar surface area (TPSA) is 20.2 Å². The van der Waals surface area contributed by atoms with Crippen LogP contribution in [-0.4, -0.2) is 21.7 Å². The molecular weight excluding hydrogens is 168 g/mol. The zero-order valence-corrected chi connectivity index (χ0v) is 9.16. The lowest BCUT2D eigenvalue weighted by Crippen LogP contribution is -2.37. The number of thioether (sulfide) groups is 1. The van der Waals surface area contributed by atoms with Crippen LogP contribution in [0.3, 0.4) is 0 Å². The lowest BCUT2D eigenvalue weighted by molar-refractivity contribution is -0.000554. The van der Waals surface area contributed by atoms with Crippen molar-refractivity contribution in [3.8, 4) is 0 Å². The summed E-state index contributed by atoms with van der Waals surface area (Å²) in [5.41, 5.74) is -0.354. The molecule has 1 heterocycles. The first-order valence-electron chi connectivity index (χ1n) is 4.96. The predicted octanol–water partition coefficient (Wildman–Crippen LogP) is 2.68. The van der Waals surface area contributed by atoms with Crippen LogP contribution in [0.2, 0.25) is 0 Å². The SMILES string of the molecule is CCC(CC)C1(O)CSC(C)C1. The molecule has 2 atom stereocenters. The normalized spacial score (nSPS) is 36.2. The van der Waals surface area contributed by atoms with Crippen LogP contribution in [0.1, 0.15) is 40.0 Å². The van der Waals surface area contributed by atoms with Gasteiger partial charge in [0.25, 0.3) is 0 Å². The van der Waals surface area contributed by atoms with E-state index in [1.54, 1.807) is 0 Å². The minimum atomic E-state index is -0.354. The van der Waals surface area contributed by atoms with Crippen LogP contribution in [0.4, 0.5) is 0 Å². The summed E-state index contributed by atoms with van der Waals surface area (Å²) in [4.78, 5) is 0. The van der Waals surface area contributed by atoms with Crippen molar-refractivity contribution < 1.29 is 5.11 Å². The quantitative estimate of drug-likeness (QED) is 0.735. The van der Waals surface area contributed by atoms with E-state index in [9.17, 15) is 5.11 Å². The lowest BCUT2D eigenvalue weighted by Gasteiger charge is -2.30. The van der Waals surface area contributed by atoms with Gasteiger partial charge in [-0.2, -0.15) is 11.8 Å². The van der Waals surface area contributed by atoms with E-state index in [1.165, 1.54) is 0 Å². The van der Waals surface area contributed by atoms with Gasteiger partial charge in [-0.3, -0.25) is 0 Å². The number of aliphatic hydroxyl groups is 1. The van der Waals surface area contributed by atoms with Crippen LogP contribution in [0.5, 0.6) is 0 Å². The molecule has 1 nitrogen and oxygen atoms in total. The molecule has 72 valence electrons. The fourth-order valence-corrected chi connectivity index (χ4v) is 3.57. The third kappa shape index (κ3) is 1.97. The van der Waals surface area contributed by atoms with Gasteiger partial charge in [-0.05, 0) is 12.3 Å². The fourth-order valence-electron chi connectivity index (χ4n) is 2.24. The van der Waals surface area contributed by atoms with Crippen LogP contribution in [-0.2, 0) is 0 Å². The average molecular weight is 188 g/mol. The molecule has 2 unspecified atom stereocenters. The third-order valence-corrected chi connectivity index (χ3v) is 4.41. The summed E-state index contributed by atoms with van der Waals surface area (Å²) >= 11 is 1.91. The zero-order valence-electron chi connectivity index (χ0n) is 8.34. The highest BCUT2D eigenvalue weighted by Crippen LogP contribution is 2.41. The molecular formula is C10H20OS. The standard InChI is InChI=1S/C10H20OS/c1-4-9(5-2)10(11)6-8(3)12-7-10/h8-9,11H,4-7H2,1-3H3. The highest BCUT2D eigenvalue weighted by atomic mass is 32.2. The van der Waals surface area contributed by atoms with Gasteiger partial charge in [0, 0.05) is 11.0 Å². The Morgan fingerprint density at radius 2 is 2.08 bits per heavy atom. The molecule has 0 aromatic heterocycles. The largest absolute Gasteiger partial charge is 0.389 e. The fraction of sp³-hybridized carbons (Fsp3) is 1.00. The van der Waals surface area contributed by atoms with Crippen molar-refractivity contribution >= 4 is 11.8 Å². The molecule has 1 fully saturated rings. The Kier molecular flexibility index (Phi) is 3.47. The summed E-state index contributed by atoms with van der Waals surface area (Å²) in [5.74, 6) is 1.45. The summed E-state index contributed by atoms with van der Waals surface area (Å²) in [5, 5.41) is 10.9.